The molecule has 0 spiro atoms. The lowest BCUT2D eigenvalue weighted by molar-refractivity contribution is -0.404. The third kappa shape index (κ3) is 3.07. The van der Waals surface area contributed by atoms with E-state index in [9.17, 15) is 10.1 Å². The van der Waals surface area contributed by atoms with Crippen molar-refractivity contribution in [3.05, 3.63) is 45.4 Å². The highest BCUT2D eigenvalue weighted by Gasteiger charge is 2.25. The van der Waals surface area contributed by atoms with Crippen LogP contribution in [0.4, 0.5) is 0 Å². The average molecular weight is 270 g/mol. The van der Waals surface area contributed by atoms with E-state index in [1.54, 1.807) is 12.4 Å². The minimum absolute atomic E-state index is 0.171. The van der Waals surface area contributed by atoms with Crippen molar-refractivity contribution >= 4 is 11.6 Å². The molecule has 1 aliphatic heterocycles. The molecule has 0 bridgehead atoms. The van der Waals surface area contributed by atoms with E-state index in [0.29, 0.717) is 18.9 Å². The van der Waals surface area contributed by atoms with Gasteiger partial charge in [-0.15, -0.1) is 0 Å². The number of nitrogens with one attached hydrogen (secondary N) is 1. The summed E-state index contributed by atoms with van der Waals surface area (Å²) in [5, 5.41) is 13.8. The van der Waals surface area contributed by atoms with Gasteiger partial charge in [0.1, 0.15) is 0 Å². The first-order valence-electron chi connectivity index (χ1n) is 5.38. The molecule has 0 amide bonds. The van der Waals surface area contributed by atoms with E-state index in [-0.39, 0.29) is 11.3 Å². The van der Waals surface area contributed by atoms with Gasteiger partial charge >= 0.3 is 0 Å². The molecule has 0 aliphatic carbocycles. The van der Waals surface area contributed by atoms with Gasteiger partial charge in [-0.25, -0.2) is 9.97 Å². The lowest BCUT2D eigenvalue weighted by Crippen LogP contribution is -2.20. The van der Waals surface area contributed by atoms with Crippen LogP contribution in [0.2, 0.25) is 5.28 Å². The molecule has 96 valence electrons. The number of halogens is 1. The van der Waals surface area contributed by atoms with Gasteiger partial charge in [-0.3, -0.25) is 10.1 Å². The third-order valence-electron chi connectivity index (χ3n) is 2.50. The van der Waals surface area contributed by atoms with Gasteiger partial charge in [0.2, 0.25) is 5.28 Å². The Hall–Kier alpha value is -1.89. The molecule has 7 nitrogen and oxygen atoms in total. The van der Waals surface area contributed by atoms with Crippen LogP contribution in [-0.2, 0) is 6.54 Å². The monoisotopic (exact) mass is 269 g/mol. The Morgan fingerprint density at radius 2 is 2.33 bits per heavy atom. The van der Waals surface area contributed by atoms with E-state index in [1.165, 1.54) is 0 Å². The smallest absolute Gasteiger partial charge is 0.274 e. The number of rotatable bonds is 3. The molecule has 0 saturated carbocycles. The van der Waals surface area contributed by atoms with Crippen LogP contribution < -0.4 is 5.32 Å². The largest absolute Gasteiger partial charge is 0.362 e. The topological polar surface area (TPSA) is 84.2 Å². The third-order valence-corrected chi connectivity index (χ3v) is 2.70. The van der Waals surface area contributed by atoms with Gasteiger partial charge in [-0.2, -0.15) is 0 Å². The molecule has 1 N–H and O–H groups in total. The van der Waals surface area contributed by atoms with Gasteiger partial charge in [0.05, 0.1) is 4.92 Å². The second-order valence-corrected chi connectivity index (χ2v) is 4.42. The zero-order chi connectivity index (χ0) is 13.1. The van der Waals surface area contributed by atoms with Crippen LogP contribution in [0, 0.1) is 10.1 Å². The van der Waals surface area contributed by atoms with Gasteiger partial charge in [0.25, 0.3) is 6.20 Å². The van der Waals surface area contributed by atoms with Crippen molar-refractivity contribution in [1.29, 1.82) is 0 Å². The Morgan fingerprint density at radius 3 is 2.94 bits per heavy atom. The summed E-state index contributed by atoms with van der Waals surface area (Å²) in [4.78, 5) is 19.7. The first-order valence-corrected chi connectivity index (χ1v) is 5.75. The summed E-state index contributed by atoms with van der Waals surface area (Å²) in [6.07, 6.45) is 4.20. The van der Waals surface area contributed by atoms with Crippen LogP contribution in [0.3, 0.4) is 0 Å². The molecule has 0 radical (unpaired) electrons. The Labute approximate surface area is 109 Å². The molecule has 18 heavy (non-hydrogen) atoms. The molecule has 2 rings (SSSR count). The number of nitro groups is 1. The number of hydrogen-bond acceptors (Lipinski definition) is 6. The van der Waals surface area contributed by atoms with Gasteiger partial charge in [0, 0.05) is 37.1 Å². The van der Waals surface area contributed by atoms with E-state index in [1.807, 2.05) is 11.8 Å². The standard InChI is InChI=1S/C10H12ClN5O2/c1-7-4-15(9(14-7)6-16(17)18)5-8-2-12-10(11)13-3-8/h2-3,6-7,14H,4-5H2,1H3. The maximum absolute atomic E-state index is 10.5. The number of aromatic nitrogens is 2. The van der Waals surface area contributed by atoms with E-state index < -0.39 is 4.92 Å². The predicted octanol–water partition coefficient (Wildman–Crippen LogP) is 0.999. The summed E-state index contributed by atoms with van der Waals surface area (Å²) in [6, 6.07) is 0.171. The molecule has 1 aromatic heterocycles. The Balaban J connectivity index is 2.12. The summed E-state index contributed by atoms with van der Waals surface area (Å²) in [5.74, 6) is 0.502. The van der Waals surface area contributed by atoms with Crippen molar-refractivity contribution < 1.29 is 4.92 Å². The summed E-state index contributed by atoms with van der Waals surface area (Å²) >= 11 is 5.60. The van der Waals surface area contributed by atoms with Crippen molar-refractivity contribution in [1.82, 2.24) is 20.2 Å². The van der Waals surface area contributed by atoms with Crippen LogP contribution in [-0.4, -0.2) is 32.4 Å². The average Bonchev–Trinajstić information content (AvgIpc) is 2.61. The Kier molecular flexibility index (Phi) is 3.61. The Morgan fingerprint density at radius 1 is 1.67 bits per heavy atom. The van der Waals surface area contributed by atoms with Crippen molar-refractivity contribution in [2.24, 2.45) is 0 Å². The molecule has 0 aromatic carbocycles. The fourth-order valence-electron chi connectivity index (χ4n) is 1.83. The second kappa shape index (κ2) is 5.18. The SMILES string of the molecule is CC1CN(Cc2cnc(Cl)nc2)C(=C[N+](=O)[O-])N1. The van der Waals surface area contributed by atoms with Crippen LogP contribution in [0.15, 0.2) is 24.4 Å². The first-order chi connectivity index (χ1) is 8.54. The molecule has 1 fully saturated rings. The van der Waals surface area contributed by atoms with E-state index in [4.69, 9.17) is 11.6 Å². The zero-order valence-electron chi connectivity index (χ0n) is 9.71. The van der Waals surface area contributed by atoms with Crippen LogP contribution >= 0.6 is 11.6 Å². The summed E-state index contributed by atoms with van der Waals surface area (Å²) < 4.78 is 0. The van der Waals surface area contributed by atoms with Gasteiger partial charge in [0.15, 0.2) is 5.82 Å². The van der Waals surface area contributed by atoms with Crippen molar-refractivity contribution in [3.8, 4) is 0 Å². The molecular formula is C10H12ClN5O2. The molecule has 1 aliphatic rings. The first kappa shape index (κ1) is 12.6. The molecule has 1 aromatic rings. The fourth-order valence-corrected chi connectivity index (χ4v) is 1.93. The molecule has 8 heteroatoms. The van der Waals surface area contributed by atoms with Crippen LogP contribution in [0.25, 0.3) is 0 Å². The summed E-state index contributed by atoms with van der Waals surface area (Å²) in [7, 11) is 0. The van der Waals surface area contributed by atoms with Gasteiger partial charge in [-0.05, 0) is 18.5 Å². The second-order valence-electron chi connectivity index (χ2n) is 4.09. The quantitative estimate of drug-likeness (QED) is 0.501. The number of nitrogens with zero attached hydrogens (tertiary/aromatic N) is 4. The van der Waals surface area contributed by atoms with Crippen LogP contribution in [0.5, 0.6) is 0 Å². The maximum atomic E-state index is 10.5. The normalized spacial score (nSPS) is 21.1. The Bertz CT molecular complexity index is 476. The van der Waals surface area contributed by atoms with Crippen LogP contribution in [0.1, 0.15) is 12.5 Å². The number of hydrogen-bond donors (Lipinski definition) is 1. The lowest BCUT2D eigenvalue weighted by atomic mass is 10.3. The molecule has 2 heterocycles. The van der Waals surface area contributed by atoms with Gasteiger partial charge < -0.3 is 10.2 Å². The van der Waals surface area contributed by atoms with Crippen molar-refractivity contribution in [2.45, 2.75) is 19.5 Å². The molecule has 1 atom stereocenters. The van der Waals surface area contributed by atoms with Crippen molar-refractivity contribution in [2.75, 3.05) is 6.54 Å². The lowest BCUT2D eigenvalue weighted by Gasteiger charge is -2.16. The highest BCUT2D eigenvalue weighted by Crippen LogP contribution is 2.16. The highest BCUT2D eigenvalue weighted by molar-refractivity contribution is 6.28. The van der Waals surface area contributed by atoms with E-state index in [2.05, 4.69) is 15.3 Å². The predicted molar refractivity (Wildman–Crippen MR) is 65.1 cm³/mol. The summed E-state index contributed by atoms with van der Waals surface area (Å²) in [6.45, 7) is 3.17. The molecule has 1 unspecified atom stereocenters. The minimum atomic E-state index is -0.467. The molecular weight excluding hydrogens is 258 g/mol. The van der Waals surface area contributed by atoms with Crippen molar-refractivity contribution in [3.63, 3.8) is 0 Å². The fraction of sp³-hybridized carbons (Fsp3) is 0.400. The molecule has 1 saturated heterocycles. The van der Waals surface area contributed by atoms with E-state index in [0.717, 1.165) is 11.8 Å². The zero-order valence-corrected chi connectivity index (χ0v) is 10.5. The van der Waals surface area contributed by atoms with Gasteiger partial charge in [-0.1, -0.05) is 0 Å². The minimum Gasteiger partial charge on any atom is -0.362 e. The maximum Gasteiger partial charge on any atom is 0.274 e. The van der Waals surface area contributed by atoms with E-state index >= 15 is 0 Å². The summed E-state index contributed by atoms with van der Waals surface area (Å²) in [5.41, 5.74) is 0.851. The highest BCUT2D eigenvalue weighted by atomic mass is 35.5.